The van der Waals surface area contributed by atoms with Crippen molar-refractivity contribution in [3.05, 3.63) is 39.6 Å². The number of unbranched alkanes of at least 4 members (excludes halogenated alkanes) is 1. The second kappa shape index (κ2) is 7.20. The number of benzene rings is 1. The number of aryl methyl sites for hydroxylation is 1. The van der Waals surface area contributed by atoms with E-state index in [2.05, 4.69) is 27.8 Å². The maximum Gasteiger partial charge on any atom is 0.325 e. The Kier molecular flexibility index (Phi) is 5.15. The SMILES string of the molecule is CCCCn1nnnc1CN1C(=O)N[C@@](C)(c2ccc(Cl)cc2Cl)C1=O. The number of halogens is 2. The van der Waals surface area contributed by atoms with Crippen LogP contribution in [0, 0.1) is 0 Å². The zero-order chi connectivity index (χ0) is 18.9. The van der Waals surface area contributed by atoms with Gasteiger partial charge < -0.3 is 5.32 Å². The first kappa shape index (κ1) is 18.6. The zero-order valence-electron chi connectivity index (χ0n) is 14.4. The molecule has 1 atom stereocenters. The Hall–Kier alpha value is -2.19. The average Bonchev–Trinajstić information content (AvgIpc) is 3.11. The molecule has 0 unspecified atom stereocenters. The quantitative estimate of drug-likeness (QED) is 0.757. The third-order valence-electron chi connectivity index (χ3n) is 4.37. The smallest absolute Gasteiger partial charge is 0.319 e. The summed E-state index contributed by atoms with van der Waals surface area (Å²) in [6.45, 7) is 4.29. The summed E-state index contributed by atoms with van der Waals surface area (Å²) in [7, 11) is 0. The Morgan fingerprint density at radius 2 is 2.04 bits per heavy atom. The highest BCUT2D eigenvalue weighted by atomic mass is 35.5. The van der Waals surface area contributed by atoms with Crippen molar-refractivity contribution in [2.24, 2.45) is 0 Å². The van der Waals surface area contributed by atoms with Crippen molar-refractivity contribution in [1.82, 2.24) is 30.4 Å². The van der Waals surface area contributed by atoms with Crippen LogP contribution in [0.4, 0.5) is 4.79 Å². The Morgan fingerprint density at radius 1 is 1.27 bits per heavy atom. The number of hydrogen-bond donors (Lipinski definition) is 1. The number of carbonyl (C=O) groups excluding carboxylic acids is 2. The molecule has 1 aliphatic rings. The minimum Gasteiger partial charge on any atom is -0.319 e. The van der Waals surface area contributed by atoms with Crippen molar-refractivity contribution in [2.45, 2.75) is 45.3 Å². The summed E-state index contributed by atoms with van der Waals surface area (Å²) in [5.41, 5.74) is -0.796. The number of tetrazole rings is 1. The molecule has 26 heavy (non-hydrogen) atoms. The third kappa shape index (κ3) is 3.26. The predicted molar refractivity (Wildman–Crippen MR) is 95.6 cm³/mol. The molecule has 3 amide bonds. The van der Waals surface area contributed by atoms with Crippen molar-refractivity contribution in [3.8, 4) is 0 Å². The number of amides is 3. The summed E-state index contributed by atoms with van der Waals surface area (Å²) in [5, 5.41) is 15.0. The number of nitrogens with zero attached hydrogens (tertiary/aromatic N) is 5. The van der Waals surface area contributed by atoms with Crippen LogP contribution in [0.25, 0.3) is 0 Å². The van der Waals surface area contributed by atoms with Crippen molar-refractivity contribution in [3.63, 3.8) is 0 Å². The largest absolute Gasteiger partial charge is 0.325 e. The molecule has 1 fully saturated rings. The number of rotatable bonds is 6. The van der Waals surface area contributed by atoms with Gasteiger partial charge in [-0.1, -0.05) is 42.6 Å². The molecule has 2 heterocycles. The molecule has 1 aliphatic heterocycles. The van der Waals surface area contributed by atoms with Gasteiger partial charge in [-0.3, -0.25) is 9.69 Å². The normalized spacial score (nSPS) is 19.9. The summed E-state index contributed by atoms with van der Waals surface area (Å²) in [5.74, 6) is 0.0326. The van der Waals surface area contributed by atoms with E-state index >= 15 is 0 Å². The van der Waals surface area contributed by atoms with E-state index in [-0.39, 0.29) is 6.54 Å². The van der Waals surface area contributed by atoms with Crippen LogP contribution in [0.1, 0.15) is 38.1 Å². The molecule has 0 radical (unpaired) electrons. The van der Waals surface area contributed by atoms with Gasteiger partial charge in [0.1, 0.15) is 5.54 Å². The Labute approximate surface area is 160 Å². The molecule has 3 rings (SSSR count). The van der Waals surface area contributed by atoms with Crippen LogP contribution in [-0.2, 0) is 23.4 Å². The maximum absolute atomic E-state index is 13.0. The molecule has 0 bridgehead atoms. The molecule has 1 aromatic heterocycles. The van der Waals surface area contributed by atoms with Gasteiger partial charge in [0, 0.05) is 22.2 Å². The lowest BCUT2D eigenvalue weighted by Gasteiger charge is -2.23. The van der Waals surface area contributed by atoms with Gasteiger partial charge in [0.25, 0.3) is 5.91 Å². The first-order valence-electron chi connectivity index (χ1n) is 8.21. The Bertz CT molecular complexity index is 855. The van der Waals surface area contributed by atoms with Gasteiger partial charge in [-0.2, -0.15) is 0 Å². The van der Waals surface area contributed by atoms with Crippen LogP contribution in [0.15, 0.2) is 18.2 Å². The van der Waals surface area contributed by atoms with E-state index in [0.717, 1.165) is 17.7 Å². The first-order valence-corrected chi connectivity index (χ1v) is 8.97. The summed E-state index contributed by atoms with van der Waals surface area (Å²) in [6.07, 6.45) is 1.88. The molecule has 2 aromatic rings. The van der Waals surface area contributed by atoms with Crippen molar-refractivity contribution < 1.29 is 9.59 Å². The molecule has 0 saturated carbocycles. The lowest BCUT2D eigenvalue weighted by molar-refractivity contribution is -0.131. The van der Waals surface area contributed by atoms with Gasteiger partial charge in [-0.15, -0.1) is 5.10 Å². The van der Waals surface area contributed by atoms with Crippen LogP contribution >= 0.6 is 23.2 Å². The first-order chi connectivity index (χ1) is 12.4. The van der Waals surface area contributed by atoms with E-state index < -0.39 is 17.5 Å². The van der Waals surface area contributed by atoms with Crippen molar-refractivity contribution in [2.75, 3.05) is 0 Å². The lowest BCUT2D eigenvalue weighted by atomic mass is 9.92. The second-order valence-corrected chi connectivity index (χ2v) is 7.09. The minimum absolute atomic E-state index is 0.0117. The van der Waals surface area contributed by atoms with E-state index in [4.69, 9.17) is 23.2 Å². The molecule has 1 aromatic carbocycles. The van der Waals surface area contributed by atoms with Crippen molar-refractivity contribution in [1.29, 1.82) is 0 Å². The Morgan fingerprint density at radius 3 is 2.73 bits per heavy atom. The molecule has 1 saturated heterocycles. The number of hydrogen-bond acceptors (Lipinski definition) is 5. The maximum atomic E-state index is 13.0. The van der Waals surface area contributed by atoms with E-state index in [1.807, 2.05) is 0 Å². The molecular weight excluding hydrogens is 379 g/mol. The number of nitrogens with one attached hydrogen (secondary N) is 1. The fourth-order valence-corrected chi connectivity index (χ4v) is 3.48. The van der Waals surface area contributed by atoms with Gasteiger partial charge in [-0.05, 0) is 35.9 Å². The van der Waals surface area contributed by atoms with Gasteiger partial charge in [0.15, 0.2) is 5.82 Å². The van der Waals surface area contributed by atoms with Crippen LogP contribution in [0.5, 0.6) is 0 Å². The third-order valence-corrected chi connectivity index (χ3v) is 4.92. The standard InChI is InChI=1S/C16H18Cl2N6O2/c1-3-4-7-24-13(20-21-22-24)9-23-14(25)16(2,19-15(23)26)11-6-5-10(17)8-12(11)18/h5-6,8H,3-4,7,9H2,1-2H3,(H,19,26)/t16-/m0/s1. The summed E-state index contributed by atoms with van der Waals surface area (Å²) in [4.78, 5) is 26.5. The summed E-state index contributed by atoms with van der Waals surface area (Å²) < 4.78 is 1.61. The highest BCUT2D eigenvalue weighted by Crippen LogP contribution is 2.35. The average molecular weight is 397 g/mol. The van der Waals surface area contributed by atoms with E-state index in [9.17, 15) is 9.59 Å². The van der Waals surface area contributed by atoms with Crippen molar-refractivity contribution >= 4 is 35.1 Å². The topological polar surface area (TPSA) is 93.0 Å². The van der Waals surface area contributed by atoms with Crippen LogP contribution in [0.3, 0.4) is 0 Å². The number of urea groups is 1. The number of aromatic nitrogens is 4. The van der Waals surface area contributed by atoms with Crippen LogP contribution in [0.2, 0.25) is 10.0 Å². The van der Waals surface area contributed by atoms with E-state index in [0.29, 0.717) is 28.0 Å². The number of imide groups is 1. The van der Waals surface area contributed by atoms with Gasteiger partial charge >= 0.3 is 6.03 Å². The van der Waals surface area contributed by atoms with Gasteiger partial charge in [-0.25, -0.2) is 9.48 Å². The van der Waals surface area contributed by atoms with E-state index in [1.54, 1.807) is 23.7 Å². The van der Waals surface area contributed by atoms with Gasteiger partial charge in [0.05, 0.1) is 6.54 Å². The summed E-state index contributed by atoms with van der Waals surface area (Å²) >= 11 is 12.2. The highest BCUT2D eigenvalue weighted by molar-refractivity contribution is 6.35. The molecular formula is C16H18Cl2N6O2. The fraction of sp³-hybridized carbons (Fsp3) is 0.438. The Balaban J connectivity index is 1.86. The summed E-state index contributed by atoms with van der Waals surface area (Å²) in [6, 6.07) is 4.28. The predicted octanol–water partition coefficient (Wildman–Crippen LogP) is 2.75. The molecule has 8 nitrogen and oxygen atoms in total. The highest BCUT2D eigenvalue weighted by Gasteiger charge is 2.50. The van der Waals surface area contributed by atoms with Gasteiger partial charge in [0.2, 0.25) is 0 Å². The monoisotopic (exact) mass is 396 g/mol. The molecule has 1 N–H and O–H groups in total. The lowest BCUT2D eigenvalue weighted by Crippen LogP contribution is -2.41. The number of carbonyl (C=O) groups is 2. The molecule has 10 heteroatoms. The molecule has 0 spiro atoms. The fourth-order valence-electron chi connectivity index (χ4n) is 2.88. The zero-order valence-corrected chi connectivity index (χ0v) is 15.9. The molecule has 138 valence electrons. The van der Waals surface area contributed by atoms with E-state index in [1.165, 1.54) is 6.07 Å². The minimum atomic E-state index is -1.28. The van der Waals surface area contributed by atoms with Crippen LogP contribution in [-0.4, -0.2) is 37.0 Å². The molecule has 0 aliphatic carbocycles. The van der Waals surface area contributed by atoms with Crippen LogP contribution < -0.4 is 5.32 Å². The second-order valence-electron chi connectivity index (χ2n) is 6.24.